The number of ether oxygens (including phenoxy) is 1. The summed E-state index contributed by atoms with van der Waals surface area (Å²) in [5.41, 5.74) is 10.9. The van der Waals surface area contributed by atoms with Gasteiger partial charge in [-0.1, -0.05) is 133 Å². The maximum atomic E-state index is 14.5. The number of pyridine rings is 1. The van der Waals surface area contributed by atoms with E-state index in [-0.39, 0.29) is 5.82 Å². The maximum Gasteiger partial charge on any atom is 0.140 e. The minimum Gasteiger partial charge on any atom is -0.457 e. The first kappa shape index (κ1) is 33.6. The Balaban J connectivity index is 1.03. The van der Waals surface area contributed by atoms with E-state index in [4.69, 9.17) is 4.74 Å². The highest BCUT2D eigenvalue weighted by Gasteiger charge is 2.33. The molecule has 58 heavy (non-hydrogen) atoms. The minimum atomic E-state index is -0.338. The summed E-state index contributed by atoms with van der Waals surface area (Å²) in [6.07, 6.45) is 1.50. The molecule has 6 heteroatoms. The van der Waals surface area contributed by atoms with Gasteiger partial charge in [0.2, 0.25) is 0 Å². The van der Waals surface area contributed by atoms with Crippen molar-refractivity contribution in [2.45, 2.75) is 0 Å². The summed E-state index contributed by atoms with van der Waals surface area (Å²) < 4.78 is 23.2. The van der Waals surface area contributed by atoms with Crippen molar-refractivity contribution >= 4 is 55.3 Å². The van der Waals surface area contributed by atoms with Gasteiger partial charge in [0.15, 0.2) is 0 Å². The third-order valence-electron chi connectivity index (χ3n) is 11.1. The average molecular weight is 751 g/mol. The Hall–Kier alpha value is -7.70. The van der Waals surface area contributed by atoms with Crippen LogP contribution in [0, 0.1) is 5.82 Å². The first-order valence-corrected chi connectivity index (χ1v) is 19.4. The van der Waals surface area contributed by atoms with E-state index in [9.17, 15) is 4.39 Å². The van der Waals surface area contributed by atoms with Crippen molar-refractivity contribution in [1.29, 1.82) is 0 Å². The third-order valence-corrected chi connectivity index (χ3v) is 11.1. The number of aromatic nitrogens is 2. The zero-order valence-corrected chi connectivity index (χ0v) is 31.3. The lowest BCUT2D eigenvalue weighted by Crippen LogP contribution is -2.25. The Kier molecular flexibility index (Phi) is 8.00. The van der Waals surface area contributed by atoms with E-state index >= 15 is 0 Å². The molecule has 0 aliphatic carbocycles. The van der Waals surface area contributed by atoms with Crippen LogP contribution in [0.1, 0.15) is 0 Å². The van der Waals surface area contributed by atoms with E-state index in [1.807, 2.05) is 47.0 Å². The van der Waals surface area contributed by atoms with Gasteiger partial charge in [0.1, 0.15) is 29.8 Å². The highest BCUT2D eigenvalue weighted by Crippen LogP contribution is 2.53. The lowest BCUT2D eigenvalue weighted by atomic mass is 9.94. The van der Waals surface area contributed by atoms with E-state index in [1.165, 1.54) is 40.2 Å². The molecule has 11 rings (SSSR count). The van der Waals surface area contributed by atoms with Crippen LogP contribution in [0.2, 0.25) is 0 Å². The van der Waals surface area contributed by atoms with E-state index in [0.717, 1.165) is 55.7 Å². The average Bonchev–Trinajstić information content (AvgIpc) is 3.83. The van der Waals surface area contributed by atoms with Crippen molar-refractivity contribution in [2.24, 2.45) is 0 Å². The number of para-hydroxylation sites is 2. The van der Waals surface area contributed by atoms with Gasteiger partial charge in [-0.05, 0) is 59.0 Å². The number of nitrogens with zero attached hydrogens (tertiary/aromatic N) is 4. The van der Waals surface area contributed by atoms with Crippen LogP contribution in [0.4, 0.5) is 27.1 Å². The number of fused-ring (bicyclic) bond motifs is 6. The number of halogens is 1. The van der Waals surface area contributed by atoms with Gasteiger partial charge in [0.25, 0.3) is 0 Å². The number of benzene rings is 8. The molecule has 0 amide bonds. The predicted octanol–water partition coefficient (Wildman–Crippen LogP) is 13.8. The van der Waals surface area contributed by atoms with Crippen LogP contribution in [-0.2, 0) is 0 Å². The second-order valence-corrected chi connectivity index (χ2v) is 14.5. The fraction of sp³-hybridized carbons (Fsp3) is 0.0192. The fourth-order valence-electron chi connectivity index (χ4n) is 8.60. The molecule has 276 valence electrons. The normalized spacial score (nSPS) is 12.4. The van der Waals surface area contributed by atoms with Crippen LogP contribution in [0.15, 0.2) is 200 Å². The Bertz CT molecular complexity index is 3100. The van der Waals surface area contributed by atoms with Crippen LogP contribution in [0.3, 0.4) is 0 Å². The highest BCUT2D eigenvalue weighted by molar-refractivity contribution is 6.10. The van der Waals surface area contributed by atoms with Crippen LogP contribution in [0.25, 0.3) is 60.6 Å². The smallest absolute Gasteiger partial charge is 0.140 e. The molecule has 8 aromatic carbocycles. The van der Waals surface area contributed by atoms with E-state index in [1.54, 1.807) is 0 Å². The Morgan fingerprint density at radius 2 is 1.16 bits per heavy atom. The molecular weight excluding hydrogens is 716 g/mol. The molecule has 3 heterocycles. The molecule has 0 radical (unpaired) electrons. The lowest BCUT2D eigenvalue weighted by Gasteiger charge is -2.27. The summed E-state index contributed by atoms with van der Waals surface area (Å²) in [4.78, 5) is 9.40. The van der Waals surface area contributed by atoms with Crippen molar-refractivity contribution < 1.29 is 9.13 Å². The van der Waals surface area contributed by atoms with Gasteiger partial charge in [0, 0.05) is 57.4 Å². The first-order valence-electron chi connectivity index (χ1n) is 19.4. The lowest BCUT2D eigenvalue weighted by molar-refractivity contribution is 0.483. The summed E-state index contributed by atoms with van der Waals surface area (Å²) in [6, 6.07) is 66.4. The summed E-state index contributed by atoms with van der Waals surface area (Å²) in [5, 5.41) is 4.47. The summed E-state index contributed by atoms with van der Waals surface area (Å²) in [5.74, 6) is 1.55. The molecule has 0 spiro atoms. The molecule has 0 bridgehead atoms. The van der Waals surface area contributed by atoms with Crippen molar-refractivity contribution in [3.8, 4) is 39.6 Å². The molecule has 0 unspecified atom stereocenters. The Labute approximate surface area is 335 Å². The number of anilines is 4. The number of rotatable bonds is 7. The quantitative estimate of drug-likeness (QED) is 0.162. The van der Waals surface area contributed by atoms with Crippen LogP contribution >= 0.6 is 0 Å². The molecular formula is C52H35FN4O. The second kappa shape index (κ2) is 13.8. The first-order chi connectivity index (χ1) is 28.7. The molecule has 5 nitrogen and oxygen atoms in total. The molecule has 0 saturated heterocycles. The molecule has 1 aliphatic heterocycles. The summed E-state index contributed by atoms with van der Waals surface area (Å²) in [7, 11) is 0. The topological polar surface area (TPSA) is 33.5 Å². The van der Waals surface area contributed by atoms with Crippen LogP contribution in [0.5, 0.6) is 11.5 Å². The second-order valence-electron chi connectivity index (χ2n) is 14.5. The zero-order chi connectivity index (χ0) is 38.6. The largest absolute Gasteiger partial charge is 0.457 e. The van der Waals surface area contributed by atoms with Gasteiger partial charge in [-0.3, -0.25) is 4.57 Å². The molecule has 0 atom stereocenters. The van der Waals surface area contributed by atoms with Gasteiger partial charge in [0.05, 0.1) is 28.1 Å². The van der Waals surface area contributed by atoms with E-state index < -0.39 is 0 Å². The van der Waals surface area contributed by atoms with Crippen molar-refractivity contribution in [2.75, 3.05) is 16.5 Å². The molecule has 10 aromatic rings. The van der Waals surface area contributed by atoms with E-state index in [2.05, 4.69) is 154 Å². The number of hydrogen-bond acceptors (Lipinski definition) is 4. The predicted molar refractivity (Wildman–Crippen MR) is 235 cm³/mol. The molecule has 1 aliphatic rings. The molecule has 0 saturated carbocycles. The van der Waals surface area contributed by atoms with Crippen LogP contribution in [-0.4, -0.2) is 16.2 Å². The van der Waals surface area contributed by atoms with Gasteiger partial charge in [-0.2, -0.15) is 0 Å². The Morgan fingerprint density at radius 1 is 0.483 bits per heavy atom. The zero-order valence-electron chi connectivity index (χ0n) is 31.3. The maximum absolute atomic E-state index is 14.5. The van der Waals surface area contributed by atoms with Crippen molar-refractivity contribution in [1.82, 2.24) is 9.55 Å². The molecule has 2 aromatic heterocycles. The minimum absolute atomic E-state index is 0.338. The van der Waals surface area contributed by atoms with Crippen LogP contribution < -0.4 is 14.5 Å². The molecule has 0 N–H and O–H groups in total. The number of hydrogen-bond donors (Lipinski definition) is 0. The van der Waals surface area contributed by atoms with Gasteiger partial charge in [-0.25, -0.2) is 9.37 Å². The summed E-state index contributed by atoms with van der Waals surface area (Å²) in [6.45, 7) is 0.586. The SMILES string of the molecule is Fc1ccnc(-n2c3ccccc3c3ccc(Oc4cccc(N5CN(c6c(-c7ccccc7)cccc6-c6ccccc6)c6c5ccc5ccccc65)c4)cc32)c1. The fourth-order valence-corrected chi connectivity index (χ4v) is 8.60. The highest BCUT2D eigenvalue weighted by atomic mass is 19.1. The standard InChI is InChI=1S/C52H35FN4O/c53-38-29-30-54-50(31-38)57-47-24-10-9-21-45(47)46-27-26-41(33-49(46)57)58-40-19-11-18-39(32-40)55-34-56(52-44-20-8-7-17-37(44)25-28-48(52)55)51-42(35-13-3-1-4-14-35)22-12-23-43(51)36-15-5-2-6-16-36/h1-33H,34H2. The van der Waals surface area contributed by atoms with Gasteiger partial charge >= 0.3 is 0 Å². The van der Waals surface area contributed by atoms with Gasteiger partial charge in [-0.15, -0.1) is 0 Å². The van der Waals surface area contributed by atoms with Crippen molar-refractivity contribution in [3.05, 3.63) is 206 Å². The summed E-state index contributed by atoms with van der Waals surface area (Å²) >= 11 is 0. The van der Waals surface area contributed by atoms with Crippen molar-refractivity contribution in [3.63, 3.8) is 0 Å². The van der Waals surface area contributed by atoms with Gasteiger partial charge < -0.3 is 14.5 Å². The third kappa shape index (κ3) is 5.65. The molecule has 0 fully saturated rings. The Morgan fingerprint density at radius 3 is 1.93 bits per heavy atom. The van der Waals surface area contributed by atoms with E-state index in [0.29, 0.717) is 24.0 Å². The monoisotopic (exact) mass is 750 g/mol.